The number of benzene rings is 3. The molecule has 0 aromatic heterocycles. The van der Waals surface area contributed by atoms with Crippen molar-refractivity contribution in [3.05, 3.63) is 100 Å². The summed E-state index contributed by atoms with van der Waals surface area (Å²) in [6.45, 7) is 5.93. The Bertz CT molecular complexity index is 1130. The van der Waals surface area contributed by atoms with E-state index in [4.69, 9.17) is 23.2 Å². The molecule has 0 heterocycles. The molecule has 1 atom stereocenters. The van der Waals surface area contributed by atoms with Crippen LogP contribution in [0.15, 0.2) is 83.8 Å². The number of nitrogens with one attached hydrogen (secondary N) is 1. The predicted octanol–water partition coefficient (Wildman–Crippen LogP) is 7.03. The van der Waals surface area contributed by atoms with E-state index in [-0.39, 0.29) is 24.8 Å². The topological polar surface area (TPSA) is 49.4 Å². The zero-order valence-corrected chi connectivity index (χ0v) is 23.2. The molecule has 3 aromatic rings. The molecule has 0 aliphatic carbocycles. The molecular weight excluding hydrogens is 511 g/mol. The van der Waals surface area contributed by atoms with Gasteiger partial charge in [0.1, 0.15) is 6.04 Å². The lowest BCUT2D eigenvalue weighted by atomic mass is 10.0. The maximum absolute atomic E-state index is 13.7. The van der Waals surface area contributed by atoms with E-state index in [1.54, 1.807) is 34.9 Å². The van der Waals surface area contributed by atoms with E-state index in [1.807, 2.05) is 81.4 Å². The highest BCUT2D eigenvalue weighted by Gasteiger charge is 2.32. The fourth-order valence-electron chi connectivity index (χ4n) is 3.78. The second kappa shape index (κ2) is 13.2. The minimum absolute atomic E-state index is 0.126. The van der Waals surface area contributed by atoms with E-state index >= 15 is 0 Å². The summed E-state index contributed by atoms with van der Waals surface area (Å²) in [4.78, 5) is 30.0. The molecule has 36 heavy (non-hydrogen) atoms. The van der Waals surface area contributed by atoms with Crippen molar-refractivity contribution in [2.45, 2.75) is 56.6 Å². The molecule has 2 amide bonds. The Morgan fingerprint density at radius 1 is 0.889 bits per heavy atom. The highest BCUT2D eigenvalue weighted by molar-refractivity contribution is 7.99. The van der Waals surface area contributed by atoms with E-state index in [1.165, 1.54) is 0 Å². The number of rotatable bonds is 10. The Balaban J connectivity index is 1.92. The fraction of sp³-hybridized carbons (Fsp3) is 0.310. The molecule has 190 valence electrons. The Hall–Kier alpha value is -2.47. The van der Waals surface area contributed by atoms with Crippen molar-refractivity contribution in [3.8, 4) is 0 Å². The third-order valence-corrected chi connectivity index (χ3v) is 7.21. The number of hydrogen-bond donors (Lipinski definition) is 1. The maximum atomic E-state index is 13.7. The van der Waals surface area contributed by atoms with E-state index in [0.29, 0.717) is 27.8 Å². The lowest BCUT2D eigenvalue weighted by Crippen LogP contribution is -2.54. The van der Waals surface area contributed by atoms with Crippen LogP contribution in [0.3, 0.4) is 0 Å². The van der Waals surface area contributed by atoms with Crippen molar-refractivity contribution in [2.75, 3.05) is 5.75 Å². The summed E-state index contributed by atoms with van der Waals surface area (Å²) >= 11 is 14.6. The number of thioether (sulfide) groups is 1. The van der Waals surface area contributed by atoms with Gasteiger partial charge in [0.05, 0.1) is 0 Å². The monoisotopic (exact) mass is 542 g/mol. The van der Waals surface area contributed by atoms with Crippen LogP contribution in [-0.4, -0.2) is 34.0 Å². The number of amides is 2. The van der Waals surface area contributed by atoms with Gasteiger partial charge in [-0.2, -0.15) is 0 Å². The summed E-state index contributed by atoms with van der Waals surface area (Å²) in [6, 6.07) is 24.2. The van der Waals surface area contributed by atoms with Crippen LogP contribution < -0.4 is 5.32 Å². The van der Waals surface area contributed by atoms with Crippen molar-refractivity contribution < 1.29 is 9.59 Å². The SMILES string of the molecule is CC(C)(C)NC(=O)C(Cc1ccccc1)N(Cc1c(Cl)cccc1Cl)C(=O)CCSc1ccccc1. The summed E-state index contributed by atoms with van der Waals surface area (Å²) in [5, 5.41) is 4.00. The van der Waals surface area contributed by atoms with E-state index in [9.17, 15) is 9.59 Å². The lowest BCUT2D eigenvalue weighted by Gasteiger charge is -2.34. The second-order valence-electron chi connectivity index (χ2n) is 9.58. The van der Waals surface area contributed by atoms with Crippen LogP contribution in [0.4, 0.5) is 0 Å². The molecule has 0 spiro atoms. The summed E-state index contributed by atoms with van der Waals surface area (Å²) in [5.74, 6) is 0.257. The first-order chi connectivity index (χ1) is 17.1. The van der Waals surface area contributed by atoms with Gasteiger partial charge in [0.2, 0.25) is 11.8 Å². The van der Waals surface area contributed by atoms with E-state index < -0.39 is 11.6 Å². The van der Waals surface area contributed by atoms with Gasteiger partial charge < -0.3 is 10.2 Å². The fourth-order valence-corrected chi connectivity index (χ4v) is 5.16. The molecular formula is C29H32Cl2N2O2S. The number of nitrogens with zero attached hydrogens (tertiary/aromatic N) is 1. The van der Waals surface area contributed by atoms with Gasteiger partial charge in [-0.25, -0.2) is 0 Å². The van der Waals surface area contributed by atoms with Gasteiger partial charge in [0, 0.05) is 51.2 Å². The summed E-state index contributed by atoms with van der Waals surface area (Å²) in [5.41, 5.74) is 1.14. The highest BCUT2D eigenvalue weighted by Crippen LogP contribution is 2.28. The molecule has 3 aromatic carbocycles. The van der Waals surface area contributed by atoms with Gasteiger partial charge in [-0.05, 0) is 50.6 Å². The molecule has 4 nitrogen and oxygen atoms in total. The molecule has 0 saturated heterocycles. The average Bonchev–Trinajstić information content (AvgIpc) is 2.83. The van der Waals surface area contributed by atoms with Crippen LogP contribution >= 0.6 is 35.0 Å². The number of carbonyl (C=O) groups is 2. The van der Waals surface area contributed by atoms with Gasteiger partial charge in [0.15, 0.2) is 0 Å². The molecule has 0 saturated carbocycles. The van der Waals surface area contributed by atoms with Crippen LogP contribution in [0, 0.1) is 0 Å². The van der Waals surface area contributed by atoms with Crippen molar-refractivity contribution in [2.24, 2.45) is 0 Å². The highest BCUT2D eigenvalue weighted by atomic mass is 35.5. The van der Waals surface area contributed by atoms with Gasteiger partial charge in [-0.3, -0.25) is 9.59 Å². The van der Waals surface area contributed by atoms with Crippen LogP contribution in [-0.2, 0) is 22.6 Å². The normalized spacial score (nSPS) is 12.1. The molecule has 0 radical (unpaired) electrons. The molecule has 0 aliphatic heterocycles. The van der Waals surface area contributed by atoms with E-state index in [0.717, 1.165) is 10.5 Å². The molecule has 0 bridgehead atoms. The molecule has 0 aliphatic rings. The molecule has 1 unspecified atom stereocenters. The number of carbonyl (C=O) groups excluding carboxylic acids is 2. The smallest absolute Gasteiger partial charge is 0.243 e. The minimum atomic E-state index is -0.729. The first kappa shape index (κ1) is 28.1. The van der Waals surface area contributed by atoms with Crippen molar-refractivity contribution in [1.29, 1.82) is 0 Å². The largest absolute Gasteiger partial charge is 0.350 e. The first-order valence-corrected chi connectivity index (χ1v) is 13.6. The van der Waals surface area contributed by atoms with Crippen molar-refractivity contribution in [3.63, 3.8) is 0 Å². The third-order valence-electron chi connectivity index (χ3n) is 5.49. The molecule has 7 heteroatoms. The second-order valence-corrected chi connectivity index (χ2v) is 11.6. The minimum Gasteiger partial charge on any atom is -0.350 e. The van der Waals surface area contributed by atoms with Gasteiger partial charge in [0.25, 0.3) is 0 Å². The van der Waals surface area contributed by atoms with Gasteiger partial charge >= 0.3 is 0 Å². The quantitative estimate of drug-likeness (QED) is 0.279. The zero-order chi connectivity index (χ0) is 26.1. The van der Waals surface area contributed by atoms with E-state index in [2.05, 4.69) is 5.32 Å². The third kappa shape index (κ3) is 8.58. The number of halogens is 2. The van der Waals surface area contributed by atoms with Crippen LogP contribution in [0.2, 0.25) is 10.0 Å². The van der Waals surface area contributed by atoms with Crippen LogP contribution in [0.5, 0.6) is 0 Å². The summed E-state index contributed by atoms with van der Waals surface area (Å²) in [6.07, 6.45) is 0.651. The summed E-state index contributed by atoms with van der Waals surface area (Å²) < 4.78 is 0. The first-order valence-electron chi connectivity index (χ1n) is 11.9. The maximum Gasteiger partial charge on any atom is 0.243 e. The lowest BCUT2D eigenvalue weighted by molar-refractivity contribution is -0.141. The van der Waals surface area contributed by atoms with Crippen molar-refractivity contribution >= 4 is 46.8 Å². The zero-order valence-electron chi connectivity index (χ0n) is 20.8. The number of hydrogen-bond acceptors (Lipinski definition) is 3. The average molecular weight is 544 g/mol. The molecule has 0 fully saturated rings. The summed E-state index contributed by atoms with van der Waals surface area (Å²) in [7, 11) is 0. The Labute approximate surface area is 228 Å². The van der Waals surface area contributed by atoms with Gasteiger partial charge in [-0.1, -0.05) is 77.8 Å². The Morgan fingerprint density at radius 2 is 1.47 bits per heavy atom. The van der Waals surface area contributed by atoms with Crippen LogP contribution in [0.25, 0.3) is 0 Å². The standard InChI is InChI=1S/C29H32Cl2N2O2S/c1-29(2,3)32-28(35)26(19-21-11-6-4-7-12-21)33(20-23-24(30)15-10-16-25(23)31)27(34)17-18-36-22-13-8-5-9-14-22/h4-16,26H,17-20H2,1-3H3,(H,32,35). The molecule has 1 N–H and O–H groups in total. The predicted molar refractivity (Wildman–Crippen MR) is 151 cm³/mol. The van der Waals surface area contributed by atoms with Gasteiger partial charge in [-0.15, -0.1) is 11.8 Å². The Kier molecular flexibility index (Phi) is 10.3. The Morgan fingerprint density at radius 3 is 2.06 bits per heavy atom. The van der Waals surface area contributed by atoms with Crippen LogP contribution in [0.1, 0.15) is 38.3 Å². The molecule has 3 rings (SSSR count). The van der Waals surface area contributed by atoms with Crippen molar-refractivity contribution in [1.82, 2.24) is 10.2 Å².